The zero-order valence-corrected chi connectivity index (χ0v) is 13.4. The van der Waals surface area contributed by atoms with Crippen LogP contribution in [0, 0.1) is 6.92 Å². The summed E-state index contributed by atoms with van der Waals surface area (Å²) in [5, 5.41) is 8.80. The molecule has 0 fully saturated rings. The van der Waals surface area contributed by atoms with Crippen LogP contribution in [-0.4, -0.2) is 19.5 Å². The Morgan fingerprint density at radius 1 is 1.38 bits per heavy atom. The molecule has 0 atom stereocenters. The highest BCUT2D eigenvalue weighted by molar-refractivity contribution is 9.10. The third kappa shape index (κ3) is 3.52. The summed E-state index contributed by atoms with van der Waals surface area (Å²) in [7, 11) is -3.87. The average Bonchev–Trinajstić information content (AvgIpc) is 2.81. The molecule has 1 aromatic heterocycles. The maximum Gasteiger partial charge on any atom is 0.371 e. The number of benzene rings is 1. The lowest BCUT2D eigenvalue weighted by Gasteiger charge is -2.07. The molecule has 0 saturated heterocycles. The molecule has 0 bridgehead atoms. The van der Waals surface area contributed by atoms with E-state index in [1.165, 1.54) is 0 Å². The summed E-state index contributed by atoms with van der Waals surface area (Å²) in [6.07, 6.45) is 0. The number of carboxylic acid groups (broad SMARTS) is 1. The highest BCUT2D eigenvalue weighted by Crippen LogP contribution is 2.26. The molecule has 0 amide bonds. The van der Waals surface area contributed by atoms with E-state index in [2.05, 4.69) is 20.7 Å². The van der Waals surface area contributed by atoms with Gasteiger partial charge in [-0.05, 0) is 34.0 Å². The molecular weight excluding hydrogens is 362 g/mol. The fourth-order valence-corrected chi connectivity index (χ4v) is 3.64. The fourth-order valence-electron chi connectivity index (χ4n) is 1.70. The fraction of sp³-hybridized carbons (Fsp3) is 0.154. The van der Waals surface area contributed by atoms with Crippen molar-refractivity contribution in [1.82, 2.24) is 4.72 Å². The summed E-state index contributed by atoms with van der Waals surface area (Å²) < 4.78 is 31.5. The predicted octanol–water partition coefficient (Wildman–Crippen LogP) is 2.53. The topological polar surface area (TPSA) is 96.6 Å². The summed E-state index contributed by atoms with van der Waals surface area (Å²) >= 11 is 2.91. The van der Waals surface area contributed by atoms with Crippen LogP contribution in [-0.2, 0) is 16.6 Å². The number of carbonyl (C=O) groups is 1. The molecule has 21 heavy (non-hydrogen) atoms. The largest absolute Gasteiger partial charge is 0.475 e. The molecule has 8 heteroatoms. The second-order valence-electron chi connectivity index (χ2n) is 4.30. The Kier molecular flexibility index (Phi) is 4.50. The number of aryl methyl sites for hydroxylation is 1. The number of rotatable bonds is 5. The van der Waals surface area contributed by atoms with Gasteiger partial charge in [0.05, 0.1) is 0 Å². The lowest BCUT2D eigenvalue weighted by molar-refractivity contribution is 0.0661. The van der Waals surface area contributed by atoms with Gasteiger partial charge >= 0.3 is 5.97 Å². The molecule has 1 heterocycles. The van der Waals surface area contributed by atoms with Gasteiger partial charge in [-0.25, -0.2) is 17.9 Å². The second-order valence-corrected chi connectivity index (χ2v) is 6.76. The van der Waals surface area contributed by atoms with Crippen molar-refractivity contribution in [2.45, 2.75) is 18.4 Å². The van der Waals surface area contributed by atoms with Gasteiger partial charge < -0.3 is 9.52 Å². The molecule has 0 aliphatic heterocycles. The first-order valence-electron chi connectivity index (χ1n) is 5.88. The summed E-state index contributed by atoms with van der Waals surface area (Å²) in [6.45, 7) is 1.98. The van der Waals surface area contributed by atoms with E-state index in [1.54, 1.807) is 0 Å². The maximum absolute atomic E-state index is 12.2. The second kappa shape index (κ2) is 6.00. The van der Waals surface area contributed by atoms with Crippen molar-refractivity contribution < 1.29 is 22.7 Å². The third-order valence-corrected chi connectivity index (χ3v) is 5.13. The number of carboxylic acids is 1. The van der Waals surface area contributed by atoms with Crippen LogP contribution in [0.2, 0.25) is 0 Å². The predicted molar refractivity (Wildman–Crippen MR) is 78.6 cm³/mol. The molecule has 0 radical (unpaired) electrons. The SMILES string of the molecule is Cc1ccccc1CNS(=O)(=O)c1cc(C(=O)O)oc1Br. The Labute approximate surface area is 130 Å². The maximum atomic E-state index is 12.2. The van der Waals surface area contributed by atoms with E-state index in [9.17, 15) is 13.2 Å². The number of sulfonamides is 1. The van der Waals surface area contributed by atoms with Crippen LogP contribution in [0.25, 0.3) is 0 Å². The van der Waals surface area contributed by atoms with Crippen LogP contribution in [0.1, 0.15) is 21.7 Å². The van der Waals surface area contributed by atoms with Gasteiger partial charge in [-0.2, -0.15) is 0 Å². The van der Waals surface area contributed by atoms with Crippen LogP contribution < -0.4 is 4.72 Å². The minimum atomic E-state index is -3.87. The van der Waals surface area contributed by atoms with E-state index < -0.39 is 21.8 Å². The first-order valence-corrected chi connectivity index (χ1v) is 8.15. The van der Waals surface area contributed by atoms with Gasteiger partial charge in [-0.3, -0.25) is 0 Å². The monoisotopic (exact) mass is 373 g/mol. The normalized spacial score (nSPS) is 11.5. The van der Waals surface area contributed by atoms with Gasteiger partial charge in [0.1, 0.15) is 4.90 Å². The van der Waals surface area contributed by atoms with Crippen LogP contribution in [0.15, 0.2) is 44.3 Å². The summed E-state index contributed by atoms with van der Waals surface area (Å²) in [5.74, 6) is -1.78. The van der Waals surface area contributed by atoms with Gasteiger partial charge in [0.25, 0.3) is 0 Å². The minimum absolute atomic E-state index is 0.106. The Morgan fingerprint density at radius 3 is 2.62 bits per heavy atom. The van der Waals surface area contributed by atoms with Crippen molar-refractivity contribution in [3.8, 4) is 0 Å². The van der Waals surface area contributed by atoms with E-state index in [0.29, 0.717) is 0 Å². The van der Waals surface area contributed by atoms with Gasteiger partial charge in [0, 0.05) is 12.6 Å². The van der Waals surface area contributed by atoms with Crippen molar-refractivity contribution in [3.05, 3.63) is 51.9 Å². The smallest absolute Gasteiger partial charge is 0.371 e. The molecule has 112 valence electrons. The van der Waals surface area contributed by atoms with E-state index in [1.807, 2.05) is 31.2 Å². The molecule has 0 unspecified atom stereocenters. The number of halogens is 1. The number of nitrogens with one attached hydrogen (secondary N) is 1. The Bertz CT molecular complexity index is 782. The van der Waals surface area contributed by atoms with E-state index >= 15 is 0 Å². The third-order valence-electron chi connectivity index (χ3n) is 2.87. The van der Waals surface area contributed by atoms with Crippen LogP contribution >= 0.6 is 15.9 Å². The molecule has 2 N–H and O–H groups in total. The van der Waals surface area contributed by atoms with Crippen molar-refractivity contribution >= 4 is 31.9 Å². The summed E-state index contributed by atoms with van der Waals surface area (Å²) in [6, 6.07) is 8.32. The van der Waals surface area contributed by atoms with E-state index in [0.717, 1.165) is 17.2 Å². The Balaban J connectivity index is 2.23. The first-order chi connectivity index (χ1) is 9.81. The first kappa shape index (κ1) is 15.7. The lowest BCUT2D eigenvalue weighted by Crippen LogP contribution is -2.23. The van der Waals surface area contributed by atoms with Crippen molar-refractivity contribution in [3.63, 3.8) is 0 Å². The molecule has 2 aromatic rings. The van der Waals surface area contributed by atoms with Gasteiger partial charge in [0.2, 0.25) is 15.8 Å². The van der Waals surface area contributed by atoms with Crippen LogP contribution in [0.3, 0.4) is 0 Å². The minimum Gasteiger partial charge on any atom is -0.475 e. The molecule has 0 spiro atoms. The van der Waals surface area contributed by atoms with Gasteiger partial charge in [-0.1, -0.05) is 24.3 Å². The van der Waals surface area contributed by atoms with Gasteiger partial charge in [0.15, 0.2) is 4.67 Å². The lowest BCUT2D eigenvalue weighted by atomic mass is 10.1. The Morgan fingerprint density at radius 2 is 2.05 bits per heavy atom. The molecular formula is C13H12BrNO5S. The van der Waals surface area contributed by atoms with Gasteiger partial charge in [-0.15, -0.1) is 0 Å². The quantitative estimate of drug-likeness (QED) is 0.839. The average molecular weight is 374 g/mol. The number of aromatic carboxylic acids is 1. The van der Waals surface area contributed by atoms with Crippen molar-refractivity contribution in [2.75, 3.05) is 0 Å². The van der Waals surface area contributed by atoms with Crippen molar-refractivity contribution in [2.24, 2.45) is 0 Å². The number of hydrogen-bond acceptors (Lipinski definition) is 4. The zero-order valence-electron chi connectivity index (χ0n) is 11.0. The molecule has 0 saturated carbocycles. The molecule has 0 aliphatic carbocycles. The highest BCUT2D eigenvalue weighted by Gasteiger charge is 2.24. The van der Waals surface area contributed by atoms with E-state index in [-0.39, 0.29) is 16.1 Å². The summed E-state index contributed by atoms with van der Waals surface area (Å²) in [5.41, 5.74) is 1.79. The molecule has 0 aliphatic rings. The van der Waals surface area contributed by atoms with E-state index in [4.69, 9.17) is 9.52 Å². The molecule has 2 rings (SSSR count). The Hall–Kier alpha value is -1.64. The highest BCUT2D eigenvalue weighted by atomic mass is 79.9. The summed E-state index contributed by atoms with van der Waals surface area (Å²) in [4.78, 5) is 10.5. The number of furan rings is 1. The van der Waals surface area contributed by atoms with Crippen LogP contribution in [0.5, 0.6) is 0 Å². The molecule has 1 aromatic carbocycles. The van der Waals surface area contributed by atoms with Crippen LogP contribution in [0.4, 0.5) is 0 Å². The standard InChI is InChI=1S/C13H12BrNO5S/c1-8-4-2-3-5-9(8)7-15-21(18,19)11-6-10(13(16)17)20-12(11)14/h2-6,15H,7H2,1H3,(H,16,17). The zero-order chi connectivity index (χ0) is 15.6. The number of hydrogen-bond donors (Lipinski definition) is 2. The molecule has 6 nitrogen and oxygen atoms in total. The van der Waals surface area contributed by atoms with Crippen molar-refractivity contribution in [1.29, 1.82) is 0 Å².